The van der Waals surface area contributed by atoms with E-state index >= 15 is 0 Å². The number of carbonyl (C=O) groups excluding carboxylic acids is 1. The van der Waals surface area contributed by atoms with Crippen molar-refractivity contribution in [3.05, 3.63) is 11.6 Å². The number of allylic oxidation sites excluding steroid dienone is 1. The third-order valence-electron chi connectivity index (χ3n) is 2.05. The van der Waals surface area contributed by atoms with Gasteiger partial charge in [0, 0.05) is 0 Å². The van der Waals surface area contributed by atoms with Gasteiger partial charge in [0.05, 0.1) is 7.11 Å². The summed E-state index contributed by atoms with van der Waals surface area (Å²) in [6.07, 6.45) is 4.54. The second-order valence-electron chi connectivity index (χ2n) is 2.94. The quantitative estimate of drug-likeness (QED) is 0.447. The lowest BCUT2D eigenvalue weighted by Crippen LogP contribution is -2.21. The van der Waals surface area contributed by atoms with Gasteiger partial charge in [-0.1, -0.05) is 6.08 Å². The van der Waals surface area contributed by atoms with Crippen LogP contribution in [0.1, 0.15) is 26.2 Å². The fraction of sp³-hybridized carbons (Fsp3) is 0.667. The van der Waals surface area contributed by atoms with E-state index in [4.69, 9.17) is 4.74 Å². The molecule has 1 atom stereocenters. The van der Waals surface area contributed by atoms with Gasteiger partial charge in [-0.15, -0.1) is 0 Å². The number of ether oxygens (including phenoxy) is 2. The molecule has 68 valence electrons. The molecule has 0 saturated heterocycles. The molecule has 1 rings (SSSR count). The van der Waals surface area contributed by atoms with E-state index in [1.807, 2.05) is 6.92 Å². The Morgan fingerprint density at radius 1 is 1.67 bits per heavy atom. The molecule has 0 spiro atoms. The number of hydrogen-bond donors (Lipinski definition) is 0. The van der Waals surface area contributed by atoms with Crippen molar-refractivity contribution in [2.24, 2.45) is 0 Å². The van der Waals surface area contributed by atoms with E-state index in [0.717, 1.165) is 24.8 Å². The van der Waals surface area contributed by atoms with Crippen molar-refractivity contribution in [1.29, 1.82) is 0 Å². The molecule has 1 unspecified atom stereocenters. The van der Waals surface area contributed by atoms with Gasteiger partial charge < -0.3 is 9.47 Å². The van der Waals surface area contributed by atoms with Gasteiger partial charge in [-0.25, -0.2) is 4.79 Å². The maximum atomic E-state index is 10.8. The largest absolute Gasteiger partial charge is 0.508 e. The van der Waals surface area contributed by atoms with Crippen LogP contribution >= 0.6 is 0 Å². The van der Waals surface area contributed by atoms with Crippen molar-refractivity contribution in [2.75, 3.05) is 7.11 Å². The van der Waals surface area contributed by atoms with E-state index < -0.39 is 6.16 Å². The van der Waals surface area contributed by atoms with Crippen molar-refractivity contribution in [1.82, 2.24) is 0 Å². The van der Waals surface area contributed by atoms with E-state index in [1.165, 1.54) is 7.11 Å². The molecule has 0 saturated carbocycles. The zero-order valence-electron chi connectivity index (χ0n) is 7.50. The van der Waals surface area contributed by atoms with Gasteiger partial charge in [0.1, 0.15) is 6.10 Å². The zero-order chi connectivity index (χ0) is 8.97. The molecule has 0 aromatic heterocycles. The Morgan fingerprint density at radius 3 is 3.00 bits per heavy atom. The third kappa shape index (κ3) is 2.26. The van der Waals surface area contributed by atoms with E-state index in [1.54, 1.807) is 0 Å². The van der Waals surface area contributed by atoms with Gasteiger partial charge in [-0.2, -0.15) is 0 Å². The van der Waals surface area contributed by atoms with Crippen molar-refractivity contribution < 1.29 is 14.3 Å². The van der Waals surface area contributed by atoms with Crippen molar-refractivity contribution in [3.8, 4) is 0 Å². The molecule has 0 radical (unpaired) electrons. The van der Waals surface area contributed by atoms with Crippen LogP contribution in [0.3, 0.4) is 0 Å². The molecule has 1 aliphatic carbocycles. The van der Waals surface area contributed by atoms with E-state index in [0.29, 0.717) is 0 Å². The second kappa shape index (κ2) is 4.14. The number of hydrogen-bond acceptors (Lipinski definition) is 3. The van der Waals surface area contributed by atoms with Gasteiger partial charge in [-0.3, -0.25) is 0 Å². The maximum Gasteiger partial charge on any atom is 0.508 e. The first-order chi connectivity index (χ1) is 5.74. The Labute approximate surface area is 72.4 Å². The highest BCUT2D eigenvalue weighted by atomic mass is 16.7. The van der Waals surface area contributed by atoms with Gasteiger partial charge in [-0.05, 0) is 31.8 Å². The second-order valence-corrected chi connectivity index (χ2v) is 2.94. The first-order valence-electron chi connectivity index (χ1n) is 4.15. The fourth-order valence-electron chi connectivity index (χ4n) is 1.31. The topological polar surface area (TPSA) is 35.5 Å². The monoisotopic (exact) mass is 170 g/mol. The summed E-state index contributed by atoms with van der Waals surface area (Å²) in [6, 6.07) is 0. The molecule has 0 amide bonds. The number of methoxy groups -OCH3 is 1. The number of carbonyl (C=O) groups is 1. The van der Waals surface area contributed by atoms with Gasteiger partial charge in [0.15, 0.2) is 0 Å². The van der Waals surface area contributed by atoms with Crippen LogP contribution in [-0.4, -0.2) is 19.4 Å². The molecule has 0 heterocycles. The fourth-order valence-corrected chi connectivity index (χ4v) is 1.31. The summed E-state index contributed by atoms with van der Waals surface area (Å²) in [6.45, 7) is 1.98. The lowest BCUT2D eigenvalue weighted by molar-refractivity contribution is 0.0441. The molecule has 0 aromatic rings. The standard InChI is InChI=1S/C9H14O3/c1-7-5-3-4-6-8(7)12-9(10)11-2/h5,8H,3-4,6H2,1-2H3. The van der Waals surface area contributed by atoms with Crippen LogP contribution in [0, 0.1) is 0 Å². The Bertz CT molecular complexity index is 196. The lowest BCUT2D eigenvalue weighted by Gasteiger charge is -2.20. The van der Waals surface area contributed by atoms with Gasteiger partial charge >= 0.3 is 6.16 Å². The maximum absolute atomic E-state index is 10.8. The summed E-state index contributed by atoms with van der Waals surface area (Å²) in [5.74, 6) is 0. The van der Waals surface area contributed by atoms with Crippen LogP contribution in [-0.2, 0) is 9.47 Å². The van der Waals surface area contributed by atoms with Crippen molar-refractivity contribution in [3.63, 3.8) is 0 Å². The molecule has 0 fully saturated rings. The Kier molecular flexibility index (Phi) is 3.14. The Balaban J connectivity index is 2.45. The van der Waals surface area contributed by atoms with E-state index in [9.17, 15) is 4.79 Å². The molecule has 3 heteroatoms. The van der Waals surface area contributed by atoms with Crippen LogP contribution in [0.5, 0.6) is 0 Å². The Hall–Kier alpha value is -0.990. The van der Waals surface area contributed by atoms with Crippen LogP contribution in [0.2, 0.25) is 0 Å². The summed E-state index contributed by atoms with van der Waals surface area (Å²) in [7, 11) is 1.32. The van der Waals surface area contributed by atoms with Crippen LogP contribution in [0.25, 0.3) is 0 Å². The summed E-state index contributed by atoms with van der Waals surface area (Å²) in [4.78, 5) is 10.8. The van der Waals surface area contributed by atoms with Crippen LogP contribution in [0.4, 0.5) is 4.79 Å². The summed E-state index contributed by atoms with van der Waals surface area (Å²) < 4.78 is 9.44. The summed E-state index contributed by atoms with van der Waals surface area (Å²) in [5.41, 5.74) is 1.13. The highest BCUT2D eigenvalue weighted by Crippen LogP contribution is 2.20. The average Bonchev–Trinajstić information content (AvgIpc) is 2.09. The highest BCUT2D eigenvalue weighted by molar-refractivity contribution is 5.60. The summed E-state index contributed by atoms with van der Waals surface area (Å²) >= 11 is 0. The third-order valence-corrected chi connectivity index (χ3v) is 2.05. The molecule has 3 nitrogen and oxygen atoms in total. The molecule has 1 aliphatic rings. The zero-order valence-corrected chi connectivity index (χ0v) is 7.50. The lowest BCUT2D eigenvalue weighted by atomic mass is 9.98. The normalized spacial score (nSPS) is 22.8. The molecular weight excluding hydrogens is 156 g/mol. The van der Waals surface area contributed by atoms with Crippen molar-refractivity contribution >= 4 is 6.16 Å². The minimum absolute atomic E-state index is 0.0637. The highest BCUT2D eigenvalue weighted by Gasteiger charge is 2.18. The first-order valence-corrected chi connectivity index (χ1v) is 4.15. The molecule has 0 aromatic carbocycles. The molecule has 0 bridgehead atoms. The van der Waals surface area contributed by atoms with Crippen LogP contribution in [0.15, 0.2) is 11.6 Å². The smallest absolute Gasteiger partial charge is 0.438 e. The Morgan fingerprint density at radius 2 is 2.42 bits per heavy atom. The minimum atomic E-state index is -0.588. The van der Waals surface area contributed by atoms with Gasteiger partial charge in [0.25, 0.3) is 0 Å². The first kappa shape index (κ1) is 9.10. The van der Waals surface area contributed by atoms with Crippen molar-refractivity contribution in [2.45, 2.75) is 32.3 Å². The predicted molar refractivity (Wildman–Crippen MR) is 44.9 cm³/mol. The summed E-state index contributed by atoms with van der Waals surface area (Å²) in [5, 5.41) is 0. The predicted octanol–water partition coefficient (Wildman–Crippen LogP) is 2.27. The van der Waals surface area contributed by atoms with E-state index in [2.05, 4.69) is 10.8 Å². The SMILES string of the molecule is COC(=O)OC1CCCC=C1C. The molecule has 0 aliphatic heterocycles. The molecule has 12 heavy (non-hydrogen) atoms. The molecular formula is C9H14O3. The number of rotatable bonds is 1. The average molecular weight is 170 g/mol. The van der Waals surface area contributed by atoms with E-state index in [-0.39, 0.29) is 6.10 Å². The minimum Gasteiger partial charge on any atom is -0.438 e. The molecule has 0 N–H and O–H groups in total. The van der Waals surface area contributed by atoms with Gasteiger partial charge in [0.2, 0.25) is 0 Å². The van der Waals surface area contributed by atoms with Crippen LogP contribution < -0.4 is 0 Å².